The molecule has 2 heteroatoms. The highest BCUT2D eigenvalue weighted by molar-refractivity contribution is 5.15. The molecule has 0 aromatic rings. The molecule has 0 aromatic heterocycles. The van der Waals surface area contributed by atoms with Crippen molar-refractivity contribution in [1.82, 2.24) is 5.32 Å². The molecule has 1 aliphatic heterocycles. The lowest BCUT2D eigenvalue weighted by Crippen LogP contribution is -2.47. The highest BCUT2D eigenvalue weighted by atomic mass is 16.3. The first kappa shape index (κ1) is 10.0. The van der Waals surface area contributed by atoms with Gasteiger partial charge in [0, 0.05) is 12.0 Å². The molecule has 0 aromatic carbocycles. The Morgan fingerprint density at radius 2 is 2.14 bits per heavy atom. The van der Waals surface area contributed by atoms with E-state index in [1.165, 1.54) is 19.3 Å². The fourth-order valence-electron chi connectivity index (χ4n) is 2.95. The predicted molar refractivity (Wildman–Crippen MR) is 56.8 cm³/mol. The van der Waals surface area contributed by atoms with E-state index < -0.39 is 5.60 Å². The van der Waals surface area contributed by atoms with Crippen molar-refractivity contribution in [2.24, 2.45) is 5.92 Å². The quantitative estimate of drug-likeness (QED) is 0.615. The molecule has 0 spiro atoms. The largest absolute Gasteiger partial charge is 0.377 e. The summed E-state index contributed by atoms with van der Waals surface area (Å²) in [6.45, 7) is 1.09. The van der Waals surface area contributed by atoms with Crippen LogP contribution in [0.3, 0.4) is 0 Å². The van der Waals surface area contributed by atoms with E-state index in [0.29, 0.717) is 6.04 Å². The van der Waals surface area contributed by atoms with Crippen molar-refractivity contribution in [2.45, 2.75) is 50.2 Å². The van der Waals surface area contributed by atoms with Crippen LogP contribution in [0.1, 0.15) is 38.5 Å². The molecule has 0 bridgehead atoms. The van der Waals surface area contributed by atoms with E-state index in [1.807, 2.05) is 0 Å². The average molecular weight is 193 g/mol. The van der Waals surface area contributed by atoms with Gasteiger partial charge in [-0.05, 0) is 38.6 Å². The molecule has 0 amide bonds. The summed E-state index contributed by atoms with van der Waals surface area (Å²) in [7, 11) is 0. The van der Waals surface area contributed by atoms with Gasteiger partial charge in [-0.15, -0.1) is 6.42 Å². The number of terminal acetylenes is 1. The Labute approximate surface area is 86.1 Å². The first-order valence-electron chi connectivity index (χ1n) is 5.70. The number of nitrogens with one attached hydrogen (secondary N) is 1. The van der Waals surface area contributed by atoms with Gasteiger partial charge in [0.2, 0.25) is 0 Å². The maximum atomic E-state index is 10.2. The number of piperidine rings is 1. The molecular weight excluding hydrogens is 174 g/mol. The topological polar surface area (TPSA) is 32.3 Å². The smallest absolute Gasteiger partial charge is 0.129 e. The summed E-state index contributed by atoms with van der Waals surface area (Å²) in [5, 5.41) is 13.7. The molecule has 2 aliphatic rings. The van der Waals surface area contributed by atoms with Crippen LogP contribution in [0.5, 0.6) is 0 Å². The molecule has 2 nitrogen and oxygen atoms in total. The van der Waals surface area contributed by atoms with Gasteiger partial charge in [0.25, 0.3) is 0 Å². The molecule has 1 aliphatic carbocycles. The molecule has 14 heavy (non-hydrogen) atoms. The van der Waals surface area contributed by atoms with Crippen LogP contribution < -0.4 is 5.32 Å². The third-order valence-electron chi connectivity index (χ3n) is 3.77. The summed E-state index contributed by atoms with van der Waals surface area (Å²) in [6, 6.07) is 0.451. The van der Waals surface area contributed by atoms with Crippen molar-refractivity contribution in [3.63, 3.8) is 0 Å². The normalized spacial score (nSPS) is 43.4. The second-order valence-corrected chi connectivity index (χ2v) is 4.62. The molecule has 0 radical (unpaired) electrons. The average Bonchev–Trinajstić information content (AvgIpc) is 2.63. The monoisotopic (exact) mass is 193 g/mol. The van der Waals surface area contributed by atoms with Crippen molar-refractivity contribution in [2.75, 3.05) is 6.54 Å². The highest BCUT2D eigenvalue weighted by Gasteiger charge is 2.43. The Balaban J connectivity index is 2.05. The third kappa shape index (κ3) is 1.67. The van der Waals surface area contributed by atoms with Crippen molar-refractivity contribution in [1.29, 1.82) is 0 Å². The number of hydrogen-bond acceptors (Lipinski definition) is 2. The first-order valence-corrected chi connectivity index (χ1v) is 5.70. The van der Waals surface area contributed by atoms with Crippen LogP contribution in [-0.4, -0.2) is 23.3 Å². The Hall–Kier alpha value is -0.520. The van der Waals surface area contributed by atoms with Gasteiger partial charge in [-0.2, -0.15) is 0 Å². The lowest BCUT2D eigenvalue weighted by atomic mass is 9.82. The first-order chi connectivity index (χ1) is 6.76. The molecule has 1 saturated carbocycles. The maximum absolute atomic E-state index is 10.2. The molecule has 3 unspecified atom stereocenters. The number of aliphatic hydroxyl groups is 1. The van der Waals surface area contributed by atoms with E-state index in [9.17, 15) is 5.11 Å². The second kappa shape index (κ2) is 3.92. The fraction of sp³-hybridized carbons (Fsp3) is 0.833. The van der Waals surface area contributed by atoms with E-state index in [0.717, 1.165) is 25.8 Å². The molecule has 2 N–H and O–H groups in total. The second-order valence-electron chi connectivity index (χ2n) is 4.62. The summed E-state index contributed by atoms with van der Waals surface area (Å²) < 4.78 is 0. The molecule has 1 saturated heterocycles. The molecular formula is C12H19NO. The standard InChI is InChI=1S/C12H19NO/c1-2-12(14)8-5-6-10(12)11-7-3-4-9-13-11/h1,10-11,13-14H,3-9H2. The summed E-state index contributed by atoms with van der Waals surface area (Å²) >= 11 is 0. The Morgan fingerprint density at radius 1 is 1.29 bits per heavy atom. The molecule has 78 valence electrons. The van der Waals surface area contributed by atoms with Crippen molar-refractivity contribution in [3.05, 3.63) is 0 Å². The van der Waals surface area contributed by atoms with Crippen LogP contribution in [0.4, 0.5) is 0 Å². The van der Waals surface area contributed by atoms with Gasteiger partial charge in [-0.1, -0.05) is 12.3 Å². The fourth-order valence-corrected chi connectivity index (χ4v) is 2.95. The van der Waals surface area contributed by atoms with E-state index in [-0.39, 0.29) is 5.92 Å². The minimum Gasteiger partial charge on any atom is -0.377 e. The Morgan fingerprint density at radius 3 is 2.79 bits per heavy atom. The third-order valence-corrected chi connectivity index (χ3v) is 3.77. The lowest BCUT2D eigenvalue weighted by Gasteiger charge is -2.35. The zero-order valence-corrected chi connectivity index (χ0v) is 8.63. The van der Waals surface area contributed by atoms with Gasteiger partial charge in [-0.3, -0.25) is 0 Å². The summed E-state index contributed by atoms with van der Waals surface area (Å²) in [6.07, 6.45) is 12.1. The van der Waals surface area contributed by atoms with Gasteiger partial charge in [0.1, 0.15) is 5.60 Å². The van der Waals surface area contributed by atoms with E-state index in [4.69, 9.17) is 6.42 Å². The van der Waals surface area contributed by atoms with Crippen LogP contribution in [0.15, 0.2) is 0 Å². The van der Waals surface area contributed by atoms with Gasteiger partial charge in [-0.25, -0.2) is 0 Å². The van der Waals surface area contributed by atoms with Gasteiger partial charge < -0.3 is 10.4 Å². The molecule has 2 rings (SSSR count). The van der Waals surface area contributed by atoms with Crippen LogP contribution in [0.2, 0.25) is 0 Å². The minimum atomic E-state index is -0.824. The van der Waals surface area contributed by atoms with Crippen molar-refractivity contribution >= 4 is 0 Å². The van der Waals surface area contributed by atoms with Crippen molar-refractivity contribution < 1.29 is 5.11 Å². The van der Waals surface area contributed by atoms with E-state index >= 15 is 0 Å². The summed E-state index contributed by atoms with van der Waals surface area (Å²) in [5.74, 6) is 2.89. The maximum Gasteiger partial charge on any atom is 0.129 e. The molecule has 3 atom stereocenters. The van der Waals surface area contributed by atoms with Gasteiger partial charge in [0.05, 0.1) is 0 Å². The van der Waals surface area contributed by atoms with Gasteiger partial charge >= 0.3 is 0 Å². The molecule has 1 heterocycles. The van der Waals surface area contributed by atoms with Gasteiger partial charge in [0.15, 0.2) is 0 Å². The van der Waals surface area contributed by atoms with E-state index in [1.54, 1.807) is 0 Å². The number of hydrogen-bond donors (Lipinski definition) is 2. The minimum absolute atomic E-state index is 0.285. The lowest BCUT2D eigenvalue weighted by molar-refractivity contribution is 0.0378. The summed E-state index contributed by atoms with van der Waals surface area (Å²) in [4.78, 5) is 0. The van der Waals surface area contributed by atoms with Crippen LogP contribution >= 0.6 is 0 Å². The van der Waals surface area contributed by atoms with Crippen LogP contribution in [-0.2, 0) is 0 Å². The zero-order chi connectivity index (χ0) is 10.0. The van der Waals surface area contributed by atoms with Crippen molar-refractivity contribution in [3.8, 4) is 12.3 Å². The zero-order valence-electron chi connectivity index (χ0n) is 8.63. The number of rotatable bonds is 1. The SMILES string of the molecule is C#CC1(O)CCCC1C1CCCCN1. The highest BCUT2D eigenvalue weighted by Crippen LogP contribution is 2.39. The van der Waals surface area contributed by atoms with Crippen LogP contribution in [0.25, 0.3) is 0 Å². The van der Waals surface area contributed by atoms with Crippen LogP contribution in [0, 0.1) is 18.3 Å². The predicted octanol–water partition coefficient (Wildman–Crippen LogP) is 1.29. The molecule has 2 fully saturated rings. The Kier molecular flexibility index (Phi) is 2.80. The van der Waals surface area contributed by atoms with E-state index in [2.05, 4.69) is 11.2 Å². The Bertz CT molecular complexity index is 239. The summed E-state index contributed by atoms with van der Waals surface area (Å²) in [5.41, 5.74) is -0.824.